The van der Waals surface area contributed by atoms with Crippen LogP contribution in [-0.4, -0.2) is 0 Å². The van der Waals surface area contributed by atoms with E-state index in [1.54, 1.807) is 0 Å². The summed E-state index contributed by atoms with van der Waals surface area (Å²) in [4.78, 5) is 0. The third-order valence-electron chi connectivity index (χ3n) is 7.31. The Kier molecular flexibility index (Phi) is 4.40. The lowest BCUT2D eigenvalue weighted by molar-refractivity contribution is -0.0957. The molecule has 2 saturated carbocycles. The van der Waals surface area contributed by atoms with Crippen LogP contribution in [0, 0.1) is 28.6 Å². The first kappa shape index (κ1) is 16.1. The number of fused-ring (bicyclic) bond motifs is 1. The van der Waals surface area contributed by atoms with Crippen LogP contribution < -0.4 is 0 Å². The Bertz CT molecular complexity index is 486. The van der Waals surface area contributed by atoms with E-state index in [9.17, 15) is 0 Å². The molecule has 0 unspecified atom stereocenters. The first-order valence-corrected chi connectivity index (χ1v) is 9.47. The summed E-state index contributed by atoms with van der Waals surface area (Å²) < 4.78 is 0. The van der Waals surface area contributed by atoms with Crippen molar-refractivity contribution in [1.29, 1.82) is 0 Å². The van der Waals surface area contributed by atoms with Crippen molar-refractivity contribution >= 4 is 0 Å². The molecule has 122 valence electrons. The largest absolute Gasteiger partial charge is 0.0622 e. The maximum absolute atomic E-state index is 2.64. The quantitative estimate of drug-likeness (QED) is 0.597. The minimum Gasteiger partial charge on any atom is -0.0622 e. The molecule has 2 aliphatic carbocycles. The van der Waals surface area contributed by atoms with Crippen LogP contribution in [0.5, 0.6) is 0 Å². The highest BCUT2D eigenvalue weighted by molar-refractivity contribution is 5.15. The van der Waals surface area contributed by atoms with Crippen LogP contribution in [-0.2, 0) is 6.42 Å². The Hall–Kier alpha value is -0.780. The van der Waals surface area contributed by atoms with Gasteiger partial charge in [-0.05, 0) is 66.3 Å². The lowest BCUT2D eigenvalue weighted by atomic mass is 9.46. The van der Waals surface area contributed by atoms with Crippen LogP contribution >= 0.6 is 0 Å². The third-order valence-corrected chi connectivity index (χ3v) is 7.31. The fourth-order valence-electron chi connectivity index (χ4n) is 6.19. The number of rotatable bonds is 3. The molecule has 1 aromatic carbocycles. The van der Waals surface area contributed by atoms with Gasteiger partial charge < -0.3 is 0 Å². The first-order chi connectivity index (χ1) is 10.4. The SMILES string of the molecule is C[C@H]1CC[C@H]2C(C)(C)CCC[C@]2(C)[C@H]1CCc1ccccc1. The van der Waals surface area contributed by atoms with Crippen molar-refractivity contribution in [2.75, 3.05) is 0 Å². The minimum absolute atomic E-state index is 0.554. The van der Waals surface area contributed by atoms with Gasteiger partial charge in [-0.3, -0.25) is 0 Å². The summed E-state index contributed by atoms with van der Waals surface area (Å²) in [6, 6.07) is 11.1. The van der Waals surface area contributed by atoms with Crippen LogP contribution in [0.15, 0.2) is 30.3 Å². The van der Waals surface area contributed by atoms with Gasteiger partial charge in [0.2, 0.25) is 0 Å². The van der Waals surface area contributed by atoms with E-state index in [0.717, 1.165) is 17.8 Å². The molecule has 0 aromatic heterocycles. The Labute approximate surface area is 137 Å². The van der Waals surface area contributed by atoms with Crippen molar-refractivity contribution in [3.05, 3.63) is 35.9 Å². The molecule has 0 nitrogen and oxygen atoms in total. The Morgan fingerprint density at radius 1 is 1.00 bits per heavy atom. The van der Waals surface area contributed by atoms with E-state index in [1.807, 2.05) is 0 Å². The van der Waals surface area contributed by atoms with Crippen LogP contribution in [0.2, 0.25) is 0 Å². The third kappa shape index (κ3) is 2.86. The fraction of sp³-hybridized carbons (Fsp3) is 0.727. The first-order valence-electron chi connectivity index (χ1n) is 9.47. The highest BCUT2D eigenvalue weighted by atomic mass is 14.6. The van der Waals surface area contributed by atoms with Gasteiger partial charge in [0.25, 0.3) is 0 Å². The normalized spacial score (nSPS) is 37.5. The second kappa shape index (κ2) is 6.02. The molecule has 1 aromatic rings. The average molecular weight is 299 g/mol. The van der Waals surface area contributed by atoms with Gasteiger partial charge in [-0.2, -0.15) is 0 Å². The van der Waals surface area contributed by atoms with Crippen molar-refractivity contribution in [3.8, 4) is 0 Å². The lowest BCUT2D eigenvalue weighted by Gasteiger charge is -2.59. The van der Waals surface area contributed by atoms with Gasteiger partial charge in [-0.25, -0.2) is 0 Å². The Balaban J connectivity index is 1.78. The highest BCUT2D eigenvalue weighted by Gasteiger charge is 2.53. The van der Waals surface area contributed by atoms with E-state index in [4.69, 9.17) is 0 Å². The van der Waals surface area contributed by atoms with Crippen LogP contribution in [0.4, 0.5) is 0 Å². The number of benzene rings is 1. The maximum atomic E-state index is 2.64. The van der Waals surface area contributed by atoms with Gasteiger partial charge in [-0.15, -0.1) is 0 Å². The lowest BCUT2D eigenvalue weighted by Crippen LogP contribution is -2.51. The molecule has 22 heavy (non-hydrogen) atoms. The van der Waals surface area contributed by atoms with Crippen molar-refractivity contribution in [2.24, 2.45) is 28.6 Å². The van der Waals surface area contributed by atoms with Crippen LogP contribution in [0.1, 0.15) is 71.8 Å². The van der Waals surface area contributed by atoms with Gasteiger partial charge in [-0.1, -0.05) is 70.9 Å². The second-order valence-electron chi connectivity index (χ2n) is 9.09. The predicted molar refractivity (Wildman–Crippen MR) is 95.9 cm³/mol. The van der Waals surface area contributed by atoms with Gasteiger partial charge in [0.15, 0.2) is 0 Å². The van der Waals surface area contributed by atoms with E-state index >= 15 is 0 Å². The zero-order valence-electron chi connectivity index (χ0n) is 15.1. The molecule has 0 radical (unpaired) electrons. The van der Waals surface area contributed by atoms with E-state index < -0.39 is 0 Å². The molecule has 0 spiro atoms. The summed E-state index contributed by atoms with van der Waals surface area (Å²) in [7, 11) is 0. The molecule has 4 atom stereocenters. The number of hydrogen-bond donors (Lipinski definition) is 0. The average Bonchev–Trinajstić information content (AvgIpc) is 2.46. The second-order valence-corrected chi connectivity index (χ2v) is 9.09. The van der Waals surface area contributed by atoms with Crippen molar-refractivity contribution in [3.63, 3.8) is 0 Å². The number of hydrogen-bond acceptors (Lipinski definition) is 0. The molecule has 3 rings (SSSR count). The van der Waals surface area contributed by atoms with Crippen LogP contribution in [0.3, 0.4) is 0 Å². The predicted octanol–water partition coefficient (Wildman–Crippen LogP) is 6.50. The topological polar surface area (TPSA) is 0 Å². The molecule has 0 heterocycles. The fourth-order valence-corrected chi connectivity index (χ4v) is 6.19. The monoisotopic (exact) mass is 298 g/mol. The van der Waals surface area contributed by atoms with E-state index in [-0.39, 0.29) is 0 Å². The van der Waals surface area contributed by atoms with Crippen molar-refractivity contribution in [2.45, 2.75) is 72.6 Å². The molecule has 2 aliphatic rings. The summed E-state index contributed by atoms with van der Waals surface area (Å²) in [5.74, 6) is 2.75. The number of aryl methyl sites for hydroxylation is 1. The zero-order chi connectivity index (χ0) is 15.8. The standard InChI is InChI=1S/C22H34/c1-17-11-14-20-21(2,3)15-8-16-22(20,4)19(17)13-12-18-9-6-5-7-10-18/h5-7,9-10,17,19-20H,8,11-16H2,1-4H3/t17-,19-,20-,22+/m0/s1. The van der Waals surface area contributed by atoms with Crippen molar-refractivity contribution in [1.82, 2.24) is 0 Å². The molecule has 2 fully saturated rings. The Morgan fingerprint density at radius 2 is 1.73 bits per heavy atom. The summed E-state index contributed by atoms with van der Waals surface area (Å²) in [6.07, 6.45) is 9.90. The molecule has 0 heteroatoms. The van der Waals surface area contributed by atoms with E-state index in [1.165, 1.54) is 50.5 Å². The summed E-state index contributed by atoms with van der Waals surface area (Å²) in [5.41, 5.74) is 2.65. The maximum Gasteiger partial charge on any atom is -0.0261 e. The minimum atomic E-state index is 0.554. The smallest absolute Gasteiger partial charge is 0.0261 e. The van der Waals surface area contributed by atoms with E-state index in [2.05, 4.69) is 58.0 Å². The van der Waals surface area contributed by atoms with Crippen molar-refractivity contribution < 1.29 is 0 Å². The Morgan fingerprint density at radius 3 is 2.45 bits per heavy atom. The molecule has 0 saturated heterocycles. The molecule has 0 amide bonds. The van der Waals surface area contributed by atoms with Gasteiger partial charge in [0.05, 0.1) is 0 Å². The van der Waals surface area contributed by atoms with Gasteiger partial charge in [0, 0.05) is 0 Å². The van der Waals surface area contributed by atoms with E-state index in [0.29, 0.717) is 10.8 Å². The van der Waals surface area contributed by atoms with Gasteiger partial charge in [0.1, 0.15) is 0 Å². The molecular weight excluding hydrogens is 264 g/mol. The summed E-state index contributed by atoms with van der Waals surface area (Å²) in [5, 5.41) is 0. The summed E-state index contributed by atoms with van der Waals surface area (Å²) in [6.45, 7) is 10.3. The zero-order valence-corrected chi connectivity index (χ0v) is 15.1. The summed E-state index contributed by atoms with van der Waals surface area (Å²) >= 11 is 0. The highest BCUT2D eigenvalue weighted by Crippen LogP contribution is 2.61. The van der Waals surface area contributed by atoms with Crippen LogP contribution in [0.25, 0.3) is 0 Å². The van der Waals surface area contributed by atoms with Gasteiger partial charge >= 0.3 is 0 Å². The molecule has 0 aliphatic heterocycles. The molecule has 0 N–H and O–H groups in total. The molecular formula is C22H34. The molecule has 0 bridgehead atoms.